The molecule has 1 aromatic heterocycles. The fourth-order valence-corrected chi connectivity index (χ4v) is 4.80. The van der Waals surface area contributed by atoms with Crippen molar-refractivity contribution in [1.29, 1.82) is 0 Å². The maximum Gasteiger partial charge on any atom is 0.288 e. The molecule has 0 bridgehead atoms. The first kappa shape index (κ1) is 28.6. The van der Waals surface area contributed by atoms with Gasteiger partial charge in [0.25, 0.3) is 11.5 Å². The van der Waals surface area contributed by atoms with Gasteiger partial charge in [-0.1, -0.05) is 18.2 Å². The molecule has 2 aromatic rings. The van der Waals surface area contributed by atoms with Crippen LogP contribution in [-0.4, -0.2) is 78.9 Å². The van der Waals surface area contributed by atoms with Crippen LogP contribution in [-0.2, 0) is 30.8 Å². The van der Waals surface area contributed by atoms with Crippen molar-refractivity contribution in [3.63, 3.8) is 0 Å². The number of aliphatic hydroxyl groups is 1. The monoisotopic (exact) mass is 517 g/mol. The second-order valence-electron chi connectivity index (χ2n) is 9.09. The van der Waals surface area contributed by atoms with Gasteiger partial charge in [-0.05, 0) is 44.9 Å². The van der Waals surface area contributed by atoms with Gasteiger partial charge in [0.05, 0.1) is 12.2 Å². The number of hydrogen-bond donors (Lipinski definition) is 1. The Hall–Kier alpha value is -2.92. The molecule has 1 N–H and O–H groups in total. The van der Waals surface area contributed by atoms with Gasteiger partial charge in [-0.3, -0.25) is 14.3 Å². The van der Waals surface area contributed by atoms with E-state index >= 15 is 0 Å². The molecule has 1 amide bonds. The Balaban J connectivity index is 2.12. The van der Waals surface area contributed by atoms with Crippen molar-refractivity contribution in [1.82, 2.24) is 14.3 Å². The maximum atomic E-state index is 13.9. The molecule has 0 saturated heterocycles. The van der Waals surface area contributed by atoms with E-state index in [4.69, 9.17) is 18.9 Å². The summed E-state index contributed by atoms with van der Waals surface area (Å²) in [6.07, 6.45) is 1.43. The van der Waals surface area contributed by atoms with Gasteiger partial charge in [0.1, 0.15) is 0 Å². The average molecular weight is 518 g/mol. The third kappa shape index (κ3) is 6.15. The fraction of sp³-hybridized carbons (Fsp3) is 0.556. The van der Waals surface area contributed by atoms with Crippen molar-refractivity contribution in [3.8, 4) is 5.69 Å². The first-order valence-corrected chi connectivity index (χ1v) is 12.5. The number of para-hydroxylation sites is 1. The molecule has 10 heteroatoms. The van der Waals surface area contributed by atoms with Crippen LogP contribution in [0, 0.1) is 12.8 Å². The Morgan fingerprint density at radius 3 is 2.49 bits per heavy atom. The summed E-state index contributed by atoms with van der Waals surface area (Å²) in [6, 6.07) is 9.42. The van der Waals surface area contributed by atoms with Crippen LogP contribution < -0.4 is 5.56 Å². The zero-order chi connectivity index (χ0) is 27.1. The highest BCUT2D eigenvalue weighted by atomic mass is 16.7. The van der Waals surface area contributed by atoms with E-state index in [0.29, 0.717) is 25.0 Å². The lowest BCUT2D eigenvalue weighted by Gasteiger charge is -2.37. The Kier molecular flexibility index (Phi) is 10.1. The molecule has 37 heavy (non-hydrogen) atoms. The number of nitrogens with zero attached hydrogens (tertiary/aromatic N) is 3. The van der Waals surface area contributed by atoms with Gasteiger partial charge in [0.15, 0.2) is 12.0 Å². The predicted octanol–water partition coefficient (Wildman–Crippen LogP) is 2.31. The summed E-state index contributed by atoms with van der Waals surface area (Å²) in [5.41, 5.74) is 1.93. The molecule has 204 valence electrons. The van der Waals surface area contributed by atoms with Crippen molar-refractivity contribution in [3.05, 3.63) is 63.8 Å². The van der Waals surface area contributed by atoms with Crippen molar-refractivity contribution in [2.24, 2.45) is 13.0 Å². The Bertz CT molecular complexity index is 1120. The maximum absolute atomic E-state index is 13.9. The first-order valence-electron chi connectivity index (χ1n) is 12.5. The molecule has 0 saturated carbocycles. The van der Waals surface area contributed by atoms with E-state index < -0.39 is 18.5 Å². The minimum absolute atomic E-state index is 0.00223. The van der Waals surface area contributed by atoms with Crippen molar-refractivity contribution in [2.45, 2.75) is 45.2 Å². The topological polar surface area (TPSA) is 104 Å². The van der Waals surface area contributed by atoms with E-state index in [1.165, 1.54) is 19.1 Å². The highest BCUT2D eigenvalue weighted by Crippen LogP contribution is 2.40. The van der Waals surface area contributed by atoms with Crippen LogP contribution in [0.4, 0.5) is 0 Å². The number of carbonyl (C=O) groups excluding carboxylic acids is 1. The molecule has 1 aromatic carbocycles. The first-order chi connectivity index (χ1) is 17.8. The summed E-state index contributed by atoms with van der Waals surface area (Å²) in [7, 11) is 6.49. The standard InChI is InChI=1S/C27H39N3O7/c1-7-36-27-20(14-11-15-31)21(16-22(37-27)25(32)28(3)17-23(34-5)35-6)24-18(2)29(4)30(26(24)33)19-12-9-8-10-13-19/h8-10,12-13,16,20-21,23,27,31H,7,11,14-15,17H2,1-6H3/t20-,21+,27-/m0/s1. The zero-order valence-corrected chi connectivity index (χ0v) is 22.5. The van der Waals surface area contributed by atoms with E-state index in [2.05, 4.69) is 0 Å². The molecular formula is C27H39N3O7. The molecular weight excluding hydrogens is 478 g/mol. The number of hydrogen-bond acceptors (Lipinski definition) is 7. The number of ether oxygens (including phenoxy) is 4. The Morgan fingerprint density at radius 2 is 1.89 bits per heavy atom. The SMILES string of the molecule is CCO[C@H]1OC(C(=O)N(C)CC(OC)OC)=C[C@@H](c2c(C)n(C)n(-c3ccccc3)c2=O)[C@@H]1CCCO. The quantitative estimate of drug-likeness (QED) is 0.431. The molecule has 3 atom stereocenters. The molecule has 0 radical (unpaired) electrons. The molecule has 0 aliphatic carbocycles. The summed E-state index contributed by atoms with van der Waals surface area (Å²) in [5.74, 6) is -1.01. The molecule has 0 unspecified atom stereocenters. The van der Waals surface area contributed by atoms with Gasteiger partial charge in [-0.25, -0.2) is 4.68 Å². The Morgan fingerprint density at radius 1 is 1.22 bits per heavy atom. The van der Waals surface area contributed by atoms with Crippen molar-refractivity contribution < 1.29 is 28.8 Å². The second-order valence-corrected chi connectivity index (χ2v) is 9.09. The number of likely N-dealkylation sites (N-methyl/N-ethyl adjacent to an activating group) is 1. The predicted molar refractivity (Wildman–Crippen MR) is 138 cm³/mol. The number of amides is 1. The summed E-state index contributed by atoms with van der Waals surface area (Å²) in [6.45, 7) is 4.30. The number of methoxy groups -OCH3 is 2. The van der Waals surface area contributed by atoms with Crippen LogP contribution in [0.1, 0.15) is 36.9 Å². The third-order valence-electron chi connectivity index (χ3n) is 6.85. The number of carbonyl (C=O) groups is 1. The van der Waals surface area contributed by atoms with Gasteiger partial charge in [0, 0.05) is 64.6 Å². The molecule has 1 aliphatic heterocycles. The largest absolute Gasteiger partial charge is 0.459 e. The zero-order valence-electron chi connectivity index (χ0n) is 22.5. The van der Waals surface area contributed by atoms with E-state index in [9.17, 15) is 14.7 Å². The van der Waals surface area contributed by atoms with Crippen LogP contribution in [0.2, 0.25) is 0 Å². The Labute approximate surface area is 218 Å². The second kappa shape index (κ2) is 13.0. The lowest BCUT2D eigenvalue weighted by atomic mass is 9.80. The van der Waals surface area contributed by atoms with Gasteiger partial charge in [0.2, 0.25) is 6.29 Å². The number of rotatable bonds is 12. The molecule has 0 fully saturated rings. The molecule has 1 aliphatic rings. The van der Waals surface area contributed by atoms with E-state index in [1.54, 1.807) is 17.8 Å². The minimum atomic E-state index is -0.760. The highest BCUT2D eigenvalue weighted by Gasteiger charge is 2.41. The average Bonchev–Trinajstić information content (AvgIpc) is 3.13. The van der Waals surface area contributed by atoms with Crippen LogP contribution in [0.25, 0.3) is 5.69 Å². The molecule has 3 rings (SSSR count). The number of benzene rings is 1. The molecule has 2 heterocycles. The summed E-state index contributed by atoms with van der Waals surface area (Å²) in [5, 5.41) is 9.57. The van der Waals surface area contributed by atoms with Crippen molar-refractivity contribution >= 4 is 5.91 Å². The summed E-state index contributed by atoms with van der Waals surface area (Å²) < 4.78 is 26.0. The molecule has 0 spiro atoms. The van der Waals surface area contributed by atoms with Gasteiger partial charge >= 0.3 is 0 Å². The number of aromatic nitrogens is 2. The lowest BCUT2D eigenvalue weighted by molar-refractivity contribution is -0.172. The van der Waals surface area contributed by atoms with Crippen LogP contribution >= 0.6 is 0 Å². The highest BCUT2D eigenvalue weighted by molar-refractivity contribution is 5.91. The van der Waals surface area contributed by atoms with Crippen molar-refractivity contribution in [2.75, 3.05) is 41.0 Å². The van der Waals surface area contributed by atoms with Crippen LogP contribution in [0.5, 0.6) is 0 Å². The number of aliphatic hydroxyl groups excluding tert-OH is 1. The fourth-order valence-electron chi connectivity index (χ4n) is 4.80. The number of allylic oxidation sites excluding steroid dienone is 1. The third-order valence-corrected chi connectivity index (χ3v) is 6.85. The smallest absolute Gasteiger partial charge is 0.288 e. The van der Waals surface area contributed by atoms with E-state index in [-0.39, 0.29) is 36.3 Å². The van der Waals surface area contributed by atoms with Crippen LogP contribution in [0.3, 0.4) is 0 Å². The minimum Gasteiger partial charge on any atom is -0.459 e. The van der Waals surface area contributed by atoms with Gasteiger partial charge in [-0.15, -0.1) is 0 Å². The van der Waals surface area contributed by atoms with E-state index in [1.807, 2.05) is 55.9 Å². The van der Waals surface area contributed by atoms with E-state index in [0.717, 1.165) is 11.4 Å². The molecule has 10 nitrogen and oxygen atoms in total. The van der Waals surface area contributed by atoms with Gasteiger partial charge < -0.3 is 29.0 Å². The van der Waals surface area contributed by atoms with Gasteiger partial charge in [-0.2, -0.15) is 0 Å². The summed E-state index contributed by atoms with van der Waals surface area (Å²) >= 11 is 0. The van der Waals surface area contributed by atoms with Crippen LogP contribution in [0.15, 0.2) is 47.0 Å². The normalized spacial score (nSPS) is 19.6. The summed E-state index contributed by atoms with van der Waals surface area (Å²) in [4.78, 5) is 28.8. The lowest BCUT2D eigenvalue weighted by Crippen LogP contribution is -2.42.